The quantitative estimate of drug-likeness (QED) is 0.251. The molecule has 2 amide bonds. The highest BCUT2D eigenvalue weighted by Crippen LogP contribution is 2.25. The van der Waals surface area contributed by atoms with E-state index in [1.54, 1.807) is 17.0 Å². The number of hydrogen-bond donors (Lipinski definition) is 1. The molecule has 0 unspecified atom stereocenters. The maximum Gasteiger partial charge on any atom is 0.243 e. The van der Waals surface area contributed by atoms with E-state index < -0.39 is 6.04 Å². The highest BCUT2D eigenvalue weighted by molar-refractivity contribution is 6.35. The second kappa shape index (κ2) is 14.4. The Morgan fingerprint density at radius 3 is 2.18 bits per heavy atom. The van der Waals surface area contributed by atoms with Gasteiger partial charge < -0.3 is 10.2 Å². The number of nitrogens with one attached hydrogen (secondary N) is 1. The van der Waals surface area contributed by atoms with E-state index in [0.717, 1.165) is 23.1 Å². The Morgan fingerprint density at radius 2 is 1.58 bits per heavy atom. The zero-order chi connectivity index (χ0) is 27.7. The molecular weight excluding hydrogens is 515 g/mol. The fourth-order valence-corrected chi connectivity index (χ4v) is 4.76. The molecule has 0 saturated heterocycles. The summed E-state index contributed by atoms with van der Waals surface area (Å²) in [6, 6.07) is 22.8. The van der Waals surface area contributed by atoms with E-state index >= 15 is 0 Å². The lowest BCUT2D eigenvalue weighted by atomic mass is 9.99. The molecule has 0 aromatic heterocycles. The zero-order valence-electron chi connectivity index (χ0n) is 22.7. The van der Waals surface area contributed by atoms with Gasteiger partial charge in [-0.05, 0) is 60.1 Å². The van der Waals surface area contributed by atoms with Crippen molar-refractivity contribution in [2.45, 2.75) is 77.9 Å². The Kier molecular flexibility index (Phi) is 11.2. The second-order valence-electron chi connectivity index (χ2n) is 10.2. The molecule has 1 N–H and O–H groups in total. The van der Waals surface area contributed by atoms with Gasteiger partial charge in [-0.3, -0.25) is 9.59 Å². The molecule has 38 heavy (non-hydrogen) atoms. The van der Waals surface area contributed by atoms with Crippen molar-refractivity contribution < 1.29 is 9.59 Å². The van der Waals surface area contributed by atoms with Crippen LogP contribution in [-0.4, -0.2) is 28.8 Å². The summed E-state index contributed by atoms with van der Waals surface area (Å²) in [6.07, 6.45) is 2.08. The van der Waals surface area contributed by atoms with E-state index in [1.807, 2.05) is 50.2 Å². The summed E-state index contributed by atoms with van der Waals surface area (Å²) < 4.78 is 0. The number of hydrogen-bond acceptors (Lipinski definition) is 2. The van der Waals surface area contributed by atoms with Crippen molar-refractivity contribution in [1.82, 2.24) is 10.2 Å². The van der Waals surface area contributed by atoms with Gasteiger partial charge in [-0.1, -0.05) is 105 Å². The van der Waals surface area contributed by atoms with Gasteiger partial charge in [0.2, 0.25) is 11.8 Å². The number of benzene rings is 3. The van der Waals surface area contributed by atoms with Crippen molar-refractivity contribution in [1.29, 1.82) is 0 Å². The van der Waals surface area contributed by atoms with Crippen LogP contribution in [0.1, 0.15) is 68.7 Å². The predicted molar refractivity (Wildman–Crippen MR) is 158 cm³/mol. The molecule has 3 rings (SSSR count). The first-order valence-corrected chi connectivity index (χ1v) is 14.1. The molecule has 3 aromatic carbocycles. The van der Waals surface area contributed by atoms with Gasteiger partial charge in [0, 0.05) is 35.5 Å². The normalized spacial score (nSPS) is 12.7. The van der Waals surface area contributed by atoms with Crippen LogP contribution in [0.15, 0.2) is 72.8 Å². The van der Waals surface area contributed by atoms with Gasteiger partial charge in [0.1, 0.15) is 6.04 Å². The minimum Gasteiger partial charge on any atom is -0.352 e. The van der Waals surface area contributed by atoms with Crippen molar-refractivity contribution in [3.63, 3.8) is 0 Å². The van der Waals surface area contributed by atoms with E-state index in [4.69, 9.17) is 23.2 Å². The molecule has 2 atom stereocenters. The third kappa shape index (κ3) is 8.61. The zero-order valence-corrected chi connectivity index (χ0v) is 24.2. The fourth-order valence-electron chi connectivity index (χ4n) is 4.29. The lowest BCUT2D eigenvalue weighted by Crippen LogP contribution is -2.52. The lowest BCUT2D eigenvalue weighted by molar-refractivity contribution is -0.141. The van der Waals surface area contributed by atoms with Crippen LogP contribution in [0.2, 0.25) is 10.0 Å². The smallest absolute Gasteiger partial charge is 0.243 e. The number of halogens is 2. The summed E-state index contributed by atoms with van der Waals surface area (Å²) in [5.41, 5.74) is 4.10. The van der Waals surface area contributed by atoms with Crippen LogP contribution >= 0.6 is 23.2 Å². The molecular formula is C32H38Cl2N2O2. The highest BCUT2D eigenvalue weighted by Gasteiger charge is 2.31. The third-order valence-electron chi connectivity index (χ3n) is 6.90. The number of carbonyl (C=O) groups is 2. The van der Waals surface area contributed by atoms with Crippen molar-refractivity contribution in [3.8, 4) is 0 Å². The molecule has 0 spiro atoms. The Bertz CT molecular complexity index is 1200. The largest absolute Gasteiger partial charge is 0.352 e. The topological polar surface area (TPSA) is 49.4 Å². The highest BCUT2D eigenvalue weighted by atomic mass is 35.5. The van der Waals surface area contributed by atoms with Crippen molar-refractivity contribution >= 4 is 35.0 Å². The molecule has 0 aliphatic heterocycles. The Labute approximate surface area is 237 Å². The first-order valence-electron chi connectivity index (χ1n) is 13.3. The molecule has 4 nitrogen and oxygen atoms in total. The SMILES string of the molecule is CC[C@@H](C)NC(=O)[C@@H](Cc1ccccc1)N(Cc1ccc(Cl)cc1Cl)C(=O)CCc1ccc(C(C)C)cc1. The molecule has 202 valence electrons. The second-order valence-corrected chi connectivity index (χ2v) is 11.0. The summed E-state index contributed by atoms with van der Waals surface area (Å²) in [5.74, 6) is 0.195. The first kappa shape index (κ1) is 29.7. The Balaban J connectivity index is 1.92. The summed E-state index contributed by atoms with van der Waals surface area (Å²) in [5, 5.41) is 4.10. The van der Waals surface area contributed by atoms with E-state index in [2.05, 4.69) is 43.4 Å². The Hall–Kier alpha value is -2.82. The minimum absolute atomic E-state index is 0.00341. The number of aryl methyl sites for hydroxylation is 1. The number of rotatable bonds is 12. The molecule has 0 fully saturated rings. The number of nitrogens with zero attached hydrogens (tertiary/aromatic N) is 1. The van der Waals surface area contributed by atoms with E-state index in [-0.39, 0.29) is 30.8 Å². The molecule has 0 radical (unpaired) electrons. The van der Waals surface area contributed by atoms with Gasteiger partial charge in [0.15, 0.2) is 0 Å². The minimum atomic E-state index is -0.686. The molecule has 0 heterocycles. The Morgan fingerprint density at radius 1 is 0.895 bits per heavy atom. The van der Waals surface area contributed by atoms with Crippen LogP contribution in [0.3, 0.4) is 0 Å². The summed E-state index contributed by atoms with van der Waals surface area (Å²) in [4.78, 5) is 29.1. The monoisotopic (exact) mass is 552 g/mol. The molecule has 0 aliphatic rings. The van der Waals surface area contributed by atoms with Crippen LogP contribution in [0.25, 0.3) is 0 Å². The maximum atomic E-state index is 13.8. The van der Waals surface area contributed by atoms with Crippen molar-refractivity contribution in [3.05, 3.63) is 105 Å². The molecule has 3 aromatic rings. The van der Waals surface area contributed by atoms with Crippen LogP contribution in [0.5, 0.6) is 0 Å². The predicted octanol–water partition coefficient (Wildman–Crippen LogP) is 7.60. The first-order chi connectivity index (χ1) is 18.2. The third-order valence-corrected chi connectivity index (χ3v) is 7.49. The van der Waals surface area contributed by atoms with Crippen molar-refractivity contribution in [2.75, 3.05) is 0 Å². The number of amides is 2. The van der Waals surface area contributed by atoms with Gasteiger partial charge in [0.25, 0.3) is 0 Å². The molecule has 0 saturated carbocycles. The van der Waals surface area contributed by atoms with E-state index in [0.29, 0.717) is 28.8 Å². The summed E-state index contributed by atoms with van der Waals surface area (Å²) >= 11 is 12.6. The lowest BCUT2D eigenvalue weighted by Gasteiger charge is -2.32. The van der Waals surface area contributed by atoms with Crippen LogP contribution in [-0.2, 0) is 29.0 Å². The average molecular weight is 554 g/mol. The van der Waals surface area contributed by atoms with Gasteiger partial charge in [-0.15, -0.1) is 0 Å². The van der Waals surface area contributed by atoms with Gasteiger partial charge >= 0.3 is 0 Å². The van der Waals surface area contributed by atoms with E-state index in [1.165, 1.54) is 5.56 Å². The maximum absolute atomic E-state index is 13.8. The number of carbonyl (C=O) groups excluding carboxylic acids is 2. The summed E-state index contributed by atoms with van der Waals surface area (Å²) in [6.45, 7) is 8.54. The molecule has 6 heteroatoms. The molecule has 0 bridgehead atoms. The van der Waals surface area contributed by atoms with Gasteiger partial charge in [0.05, 0.1) is 0 Å². The van der Waals surface area contributed by atoms with Crippen LogP contribution in [0.4, 0.5) is 0 Å². The van der Waals surface area contributed by atoms with Gasteiger partial charge in [-0.25, -0.2) is 0 Å². The average Bonchev–Trinajstić information content (AvgIpc) is 2.91. The van der Waals surface area contributed by atoms with Crippen molar-refractivity contribution in [2.24, 2.45) is 0 Å². The van der Waals surface area contributed by atoms with Gasteiger partial charge in [-0.2, -0.15) is 0 Å². The van der Waals surface area contributed by atoms with Crippen LogP contribution in [0, 0.1) is 0 Å². The van der Waals surface area contributed by atoms with Crippen LogP contribution < -0.4 is 5.32 Å². The molecule has 0 aliphatic carbocycles. The van der Waals surface area contributed by atoms with E-state index in [9.17, 15) is 9.59 Å². The summed E-state index contributed by atoms with van der Waals surface area (Å²) in [7, 11) is 0. The fraction of sp³-hybridized carbons (Fsp3) is 0.375. The standard InChI is InChI=1S/C32H38Cl2N2O2/c1-5-23(4)35-32(38)30(19-25-9-7-6-8-10-25)36(21-27-16-17-28(33)20-29(27)34)31(37)18-13-24-11-14-26(15-12-24)22(2)3/h6-12,14-17,20,22-23,30H,5,13,18-19,21H2,1-4H3,(H,35,38)/t23-,30-/m1/s1.